The molecule has 0 aliphatic carbocycles. The predicted octanol–water partition coefficient (Wildman–Crippen LogP) is 6.17. The van der Waals surface area contributed by atoms with Crippen molar-refractivity contribution in [3.05, 3.63) is 83.4 Å². The Morgan fingerprint density at radius 2 is 1.77 bits per heavy atom. The van der Waals surface area contributed by atoms with Crippen molar-refractivity contribution in [2.45, 2.75) is 75.0 Å². The number of carbonyl (C=O) groups is 3. The van der Waals surface area contributed by atoms with Gasteiger partial charge in [0.2, 0.25) is 5.91 Å². The fraction of sp³-hybridized carbons (Fsp3) is 0.457. The van der Waals surface area contributed by atoms with Crippen LogP contribution in [0.5, 0.6) is 0 Å². The van der Waals surface area contributed by atoms with Gasteiger partial charge in [-0.2, -0.15) is 0 Å². The van der Waals surface area contributed by atoms with Gasteiger partial charge in [-0.1, -0.05) is 84.1 Å². The average Bonchev–Trinajstić information content (AvgIpc) is 3.15. The van der Waals surface area contributed by atoms with E-state index in [1.807, 2.05) is 62.1 Å². The number of halogens is 1. The second-order valence-electron chi connectivity index (χ2n) is 12.5. The number of nitrogens with one attached hydrogen (secondary N) is 3. The summed E-state index contributed by atoms with van der Waals surface area (Å²) in [5, 5.41) is 11.5. The van der Waals surface area contributed by atoms with Gasteiger partial charge in [0.15, 0.2) is 0 Å². The van der Waals surface area contributed by atoms with Gasteiger partial charge in [-0.3, -0.25) is 9.59 Å². The van der Waals surface area contributed by atoms with Crippen LogP contribution in [0.15, 0.2) is 66.7 Å². The molecule has 1 aliphatic rings. The van der Waals surface area contributed by atoms with E-state index < -0.39 is 17.7 Å². The molecule has 1 heterocycles. The van der Waals surface area contributed by atoms with Gasteiger partial charge in [0.1, 0.15) is 5.60 Å². The van der Waals surface area contributed by atoms with Crippen LogP contribution in [0.4, 0.5) is 4.79 Å². The second kappa shape index (κ2) is 15.7. The number of nitrogens with zero attached hydrogens (tertiary/aromatic N) is 1. The lowest BCUT2D eigenvalue weighted by atomic mass is 9.95. The Morgan fingerprint density at radius 3 is 2.48 bits per heavy atom. The summed E-state index contributed by atoms with van der Waals surface area (Å²) in [5.74, 6) is 0.0924. The molecule has 3 amide bonds. The lowest BCUT2D eigenvalue weighted by Crippen LogP contribution is -2.50. The van der Waals surface area contributed by atoms with Crippen LogP contribution < -0.4 is 16.0 Å². The van der Waals surface area contributed by atoms with Gasteiger partial charge in [-0.25, -0.2) is 4.79 Å². The molecule has 4 rings (SSSR count). The molecule has 0 unspecified atom stereocenters. The largest absolute Gasteiger partial charge is 0.444 e. The normalized spacial score (nSPS) is 18.0. The van der Waals surface area contributed by atoms with Crippen molar-refractivity contribution in [3.8, 4) is 0 Å². The summed E-state index contributed by atoms with van der Waals surface area (Å²) >= 11 is 2.35. The van der Waals surface area contributed by atoms with E-state index in [0.717, 1.165) is 21.6 Å². The van der Waals surface area contributed by atoms with Crippen molar-refractivity contribution in [3.63, 3.8) is 0 Å². The number of alkyl halides is 1. The van der Waals surface area contributed by atoms with Crippen LogP contribution in [0.2, 0.25) is 0 Å². The molecular formula is C35H45IN4O4. The highest BCUT2D eigenvalue weighted by atomic mass is 127. The molecule has 0 aromatic heterocycles. The summed E-state index contributed by atoms with van der Waals surface area (Å²) in [6.45, 7) is 9.47. The molecule has 0 radical (unpaired) electrons. The highest BCUT2D eigenvalue weighted by molar-refractivity contribution is 14.1. The minimum absolute atomic E-state index is 0.0135. The minimum atomic E-state index is -0.601. The van der Waals surface area contributed by atoms with Crippen molar-refractivity contribution in [2.24, 2.45) is 0 Å². The molecule has 0 saturated carbocycles. The summed E-state index contributed by atoms with van der Waals surface area (Å²) in [5.41, 5.74) is 2.48. The molecular weight excluding hydrogens is 667 g/mol. The van der Waals surface area contributed by atoms with E-state index >= 15 is 0 Å². The first kappa shape index (κ1) is 33.7. The fourth-order valence-electron chi connectivity index (χ4n) is 5.56. The highest BCUT2D eigenvalue weighted by Crippen LogP contribution is 2.23. The lowest BCUT2D eigenvalue weighted by molar-refractivity contribution is -0.133. The number of fused-ring (bicyclic) bond motifs is 1. The standard InChI is InChI=1S/C35H45IN4O4/c1-5-25(26-9-7-6-8-10-26)23-40-18-16-30(39-31(33(40)42)15-17-37-34(43)44-35(2,3)4)22-38-32(41)29-14-13-27-19-24(21-36)11-12-28(27)20-29/h6-14,19-20,25,30-31,39H,5,15-18,21-23H2,1-4H3,(H,37,43)(H,38,41)/t25-,30+,31+/m1/s1. The molecule has 3 aromatic carbocycles. The third-order valence-electron chi connectivity index (χ3n) is 7.93. The second-order valence-corrected chi connectivity index (χ2v) is 13.2. The summed E-state index contributed by atoms with van der Waals surface area (Å²) < 4.78 is 6.31. The third-order valence-corrected chi connectivity index (χ3v) is 8.81. The zero-order valence-electron chi connectivity index (χ0n) is 26.2. The zero-order chi connectivity index (χ0) is 31.7. The molecule has 8 nitrogen and oxygen atoms in total. The molecule has 1 aliphatic heterocycles. The maximum Gasteiger partial charge on any atom is 0.407 e. The number of amides is 3. The van der Waals surface area contributed by atoms with Crippen LogP contribution in [0.25, 0.3) is 10.8 Å². The number of carbonyl (C=O) groups excluding carboxylic acids is 3. The van der Waals surface area contributed by atoms with Gasteiger partial charge in [0.25, 0.3) is 5.91 Å². The molecule has 0 bridgehead atoms. The van der Waals surface area contributed by atoms with Crippen molar-refractivity contribution >= 4 is 51.3 Å². The van der Waals surface area contributed by atoms with E-state index in [2.05, 4.69) is 75.8 Å². The zero-order valence-corrected chi connectivity index (χ0v) is 28.4. The van der Waals surface area contributed by atoms with E-state index in [1.165, 1.54) is 11.1 Å². The van der Waals surface area contributed by atoms with Crippen LogP contribution in [-0.4, -0.2) is 66.7 Å². The van der Waals surface area contributed by atoms with Gasteiger partial charge in [0, 0.05) is 48.1 Å². The van der Waals surface area contributed by atoms with Gasteiger partial charge in [0.05, 0.1) is 6.04 Å². The Kier molecular flexibility index (Phi) is 12.0. The Labute approximate surface area is 274 Å². The number of ether oxygens (including phenoxy) is 1. The van der Waals surface area contributed by atoms with E-state index in [-0.39, 0.29) is 30.3 Å². The lowest BCUT2D eigenvalue weighted by Gasteiger charge is -2.28. The Hall–Kier alpha value is -3.18. The van der Waals surface area contributed by atoms with Crippen LogP contribution in [0.3, 0.4) is 0 Å². The van der Waals surface area contributed by atoms with Gasteiger partial charge >= 0.3 is 6.09 Å². The maximum atomic E-state index is 13.8. The summed E-state index contributed by atoms with van der Waals surface area (Å²) in [4.78, 5) is 41.2. The first-order valence-electron chi connectivity index (χ1n) is 15.5. The van der Waals surface area contributed by atoms with E-state index in [4.69, 9.17) is 4.74 Å². The molecule has 1 fully saturated rings. The molecule has 3 aromatic rings. The molecule has 44 heavy (non-hydrogen) atoms. The number of rotatable bonds is 11. The predicted molar refractivity (Wildman–Crippen MR) is 184 cm³/mol. The molecule has 3 atom stereocenters. The van der Waals surface area contributed by atoms with Gasteiger partial charge in [-0.05, 0) is 74.1 Å². The number of hydrogen-bond acceptors (Lipinski definition) is 5. The van der Waals surface area contributed by atoms with Crippen molar-refractivity contribution in [1.29, 1.82) is 0 Å². The van der Waals surface area contributed by atoms with Crippen molar-refractivity contribution in [2.75, 3.05) is 26.2 Å². The van der Waals surface area contributed by atoms with E-state index in [0.29, 0.717) is 38.0 Å². The number of hydrogen-bond donors (Lipinski definition) is 3. The van der Waals surface area contributed by atoms with Crippen LogP contribution in [0, 0.1) is 0 Å². The average molecular weight is 713 g/mol. The summed E-state index contributed by atoms with van der Waals surface area (Å²) in [6, 6.07) is 21.8. The smallest absolute Gasteiger partial charge is 0.407 e. The van der Waals surface area contributed by atoms with Crippen LogP contribution >= 0.6 is 22.6 Å². The SMILES string of the molecule is CC[C@H](CN1CC[C@@H](CNC(=O)c2ccc3cc(CI)ccc3c2)N[C@@H](CCNC(=O)OC(C)(C)C)C1=O)c1ccccc1. The Morgan fingerprint density at radius 1 is 1.05 bits per heavy atom. The quantitative estimate of drug-likeness (QED) is 0.163. The minimum Gasteiger partial charge on any atom is -0.444 e. The first-order chi connectivity index (χ1) is 21.1. The molecule has 1 saturated heterocycles. The molecule has 0 spiro atoms. The van der Waals surface area contributed by atoms with Crippen molar-refractivity contribution < 1.29 is 19.1 Å². The molecule has 3 N–H and O–H groups in total. The Balaban J connectivity index is 1.43. The number of alkyl carbamates (subject to hydrolysis) is 1. The van der Waals surface area contributed by atoms with E-state index in [9.17, 15) is 14.4 Å². The summed E-state index contributed by atoms with van der Waals surface area (Å²) in [7, 11) is 0. The third kappa shape index (κ3) is 9.66. The monoisotopic (exact) mass is 712 g/mol. The van der Waals surface area contributed by atoms with Crippen molar-refractivity contribution in [1.82, 2.24) is 20.9 Å². The highest BCUT2D eigenvalue weighted by Gasteiger charge is 2.32. The maximum absolute atomic E-state index is 13.8. The fourth-order valence-corrected chi connectivity index (χ4v) is 6.04. The summed E-state index contributed by atoms with van der Waals surface area (Å²) in [6.07, 6.45) is 1.52. The topological polar surface area (TPSA) is 99.8 Å². The number of benzene rings is 3. The van der Waals surface area contributed by atoms with Gasteiger partial charge < -0.3 is 25.6 Å². The Bertz CT molecular complexity index is 1430. The molecule has 236 valence electrons. The van der Waals surface area contributed by atoms with Crippen LogP contribution in [-0.2, 0) is 14.0 Å². The molecule has 9 heteroatoms. The van der Waals surface area contributed by atoms with Gasteiger partial charge in [-0.15, -0.1) is 0 Å². The van der Waals surface area contributed by atoms with E-state index in [1.54, 1.807) is 0 Å². The van der Waals surface area contributed by atoms with Crippen LogP contribution in [0.1, 0.15) is 74.4 Å². The first-order valence-corrected chi connectivity index (χ1v) is 17.0.